The topological polar surface area (TPSA) is 112 Å². The zero-order valence-corrected chi connectivity index (χ0v) is 13.2. The number of anilines is 2. The molecule has 0 amide bonds. The fraction of sp³-hybridized carbons (Fsp3) is 0.533. The molecule has 2 aliphatic rings. The number of rotatable bonds is 3. The monoisotopic (exact) mass is 326 g/mol. The average molecular weight is 326 g/mol. The second-order valence-electron chi connectivity index (χ2n) is 6.51. The smallest absolute Gasteiger partial charge is 0.292 e. The molecule has 1 saturated heterocycles. The van der Waals surface area contributed by atoms with Gasteiger partial charge in [0.25, 0.3) is 6.01 Å². The molecule has 2 fully saturated rings. The largest absolute Gasteiger partial charge is 0.432 e. The molecule has 0 aromatic carbocycles. The number of aromatic nitrogens is 6. The minimum atomic E-state index is 0.238. The highest BCUT2D eigenvalue weighted by molar-refractivity contribution is 5.82. The van der Waals surface area contributed by atoms with Crippen molar-refractivity contribution in [3.63, 3.8) is 0 Å². The summed E-state index contributed by atoms with van der Waals surface area (Å²) in [5.41, 5.74) is 8.16. The molecule has 0 spiro atoms. The van der Waals surface area contributed by atoms with E-state index in [1.165, 1.54) is 0 Å². The van der Waals surface area contributed by atoms with Gasteiger partial charge in [0.05, 0.1) is 11.7 Å². The van der Waals surface area contributed by atoms with Crippen LogP contribution in [0.3, 0.4) is 0 Å². The van der Waals surface area contributed by atoms with E-state index < -0.39 is 0 Å². The van der Waals surface area contributed by atoms with Crippen molar-refractivity contribution >= 4 is 23.0 Å². The van der Waals surface area contributed by atoms with Crippen molar-refractivity contribution in [3.8, 4) is 0 Å². The highest BCUT2D eigenvalue weighted by atomic mass is 16.4. The highest BCUT2D eigenvalue weighted by Gasteiger charge is 2.30. The summed E-state index contributed by atoms with van der Waals surface area (Å²) >= 11 is 0. The van der Waals surface area contributed by atoms with Crippen molar-refractivity contribution in [1.82, 2.24) is 29.9 Å². The van der Waals surface area contributed by atoms with E-state index in [0.29, 0.717) is 12.0 Å². The molecule has 1 saturated carbocycles. The van der Waals surface area contributed by atoms with Gasteiger partial charge in [0.1, 0.15) is 12.6 Å². The van der Waals surface area contributed by atoms with Crippen LogP contribution in [0.1, 0.15) is 43.3 Å². The van der Waals surface area contributed by atoms with Crippen LogP contribution in [0.15, 0.2) is 17.0 Å². The summed E-state index contributed by atoms with van der Waals surface area (Å²) in [6, 6.07) is 0.697. The Kier molecular flexibility index (Phi) is 2.94. The predicted octanol–water partition coefficient (Wildman–Crippen LogP) is 1.51. The third-order valence-corrected chi connectivity index (χ3v) is 4.89. The third-order valence-electron chi connectivity index (χ3n) is 4.89. The van der Waals surface area contributed by atoms with Crippen molar-refractivity contribution in [3.05, 3.63) is 18.3 Å². The zero-order chi connectivity index (χ0) is 16.1. The van der Waals surface area contributed by atoms with Crippen molar-refractivity contribution in [1.29, 1.82) is 0 Å². The Labute approximate surface area is 137 Å². The van der Waals surface area contributed by atoms with E-state index in [2.05, 4.69) is 30.2 Å². The molecule has 0 radical (unpaired) electrons. The van der Waals surface area contributed by atoms with E-state index in [1.807, 2.05) is 4.68 Å². The van der Waals surface area contributed by atoms with Crippen LogP contribution in [0.5, 0.6) is 0 Å². The Bertz CT molecular complexity index is 875. The minimum Gasteiger partial charge on any atom is -0.432 e. The summed E-state index contributed by atoms with van der Waals surface area (Å²) in [7, 11) is 0. The van der Waals surface area contributed by atoms with E-state index >= 15 is 0 Å². The number of hydrogen-bond donors (Lipinski definition) is 1. The number of nitrogens with two attached hydrogens (primary N) is 1. The van der Waals surface area contributed by atoms with E-state index in [0.717, 1.165) is 61.4 Å². The summed E-state index contributed by atoms with van der Waals surface area (Å²) in [4.78, 5) is 15.4. The molecule has 0 unspecified atom stereocenters. The number of piperidine rings is 1. The van der Waals surface area contributed by atoms with Crippen molar-refractivity contribution in [2.45, 2.75) is 37.6 Å². The van der Waals surface area contributed by atoms with Crippen LogP contribution >= 0.6 is 0 Å². The molecule has 124 valence electrons. The molecule has 9 nitrogen and oxygen atoms in total. The maximum absolute atomic E-state index is 5.57. The van der Waals surface area contributed by atoms with Gasteiger partial charge >= 0.3 is 0 Å². The van der Waals surface area contributed by atoms with Crippen molar-refractivity contribution < 1.29 is 4.42 Å². The molecule has 0 bridgehead atoms. The van der Waals surface area contributed by atoms with Crippen LogP contribution in [0.4, 0.5) is 11.8 Å². The Morgan fingerprint density at radius 2 is 1.96 bits per heavy atom. The Morgan fingerprint density at radius 3 is 2.67 bits per heavy atom. The summed E-state index contributed by atoms with van der Waals surface area (Å²) < 4.78 is 7.07. The SMILES string of the molecule is Nc1nc(C2CCN(c3ncnc4c3nnn4C3CC3)CC2)co1. The Hall–Kier alpha value is -2.71. The molecule has 2 N–H and O–H groups in total. The quantitative estimate of drug-likeness (QED) is 0.771. The van der Waals surface area contributed by atoms with Crippen LogP contribution in [-0.2, 0) is 0 Å². The number of hydrogen-bond acceptors (Lipinski definition) is 8. The lowest BCUT2D eigenvalue weighted by molar-refractivity contribution is 0.490. The van der Waals surface area contributed by atoms with Crippen LogP contribution in [-0.4, -0.2) is 43.0 Å². The first-order valence-corrected chi connectivity index (χ1v) is 8.31. The van der Waals surface area contributed by atoms with Crippen LogP contribution in [0, 0.1) is 0 Å². The fourth-order valence-electron chi connectivity index (χ4n) is 3.42. The lowest BCUT2D eigenvalue weighted by atomic mass is 9.94. The Balaban J connectivity index is 1.39. The van der Waals surface area contributed by atoms with E-state index in [9.17, 15) is 0 Å². The van der Waals surface area contributed by atoms with Crippen molar-refractivity contribution in [2.24, 2.45) is 0 Å². The van der Waals surface area contributed by atoms with E-state index in [4.69, 9.17) is 10.2 Å². The lowest BCUT2D eigenvalue weighted by Crippen LogP contribution is -2.33. The summed E-state index contributed by atoms with van der Waals surface area (Å²) in [5.74, 6) is 1.26. The lowest BCUT2D eigenvalue weighted by Gasteiger charge is -2.31. The molecule has 3 aromatic heterocycles. The average Bonchev–Trinajstić information content (AvgIpc) is 3.21. The Morgan fingerprint density at radius 1 is 1.12 bits per heavy atom. The van der Waals surface area contributed by atoms with Gasteiger partial charge in [-0.2, -0.15) is 4.98 Å². The molecule has 4 heterocycles. The van der Waals surface area contributed by atoms with Crippen LogP contribution in [0.2, 0.25) is 0 Å². The summed E-state index contributed by atoms with van der Waals surface area (Å²) in [6.45, 7) is 1.78. The molecule has 3 aromatic rings. The predicted molar refractivity (Wildman–Crippen MR) is 86.5 cm³/mol. The number of fused-ring (bicyclic) bond motifs is 1. The van der Waals surface area contributed by atoms with Gasteiger partial charge < -0.3 is 15.1 Å². The summed E-state index contributed by atoms with van der Waals surface area (Å²) in [5, 5.41) is 8.62. The first kappa shape index (κ1) is 13.7. The van der Waals surface area contributed by atoms with Gasteiger partial charge in [-0.1, -0.05) is 5.21 Å². The second-order valence-corrected chi connectivity index (χ2v) is 6.51. The van der Waals surface area contributed by atoms with Gasteiger partial charge in [-0.3, -0.25) is 0 Å². The number of oxazole rings is 1. The highest BCUT2D eigenvalue weighted by Crippen LogP contribution is 2.37. The maximum Gasteiger partial charge on any atom is 0.292 e. The van der Waals surface area contributed by atoms with E-state index in [-0.39, 0.29) is 6.01 Å². The number of nitrogen functional groups attached to an aromatic ring is 1. The van der Waals surface area contributed by atoms with Crippen molar-refractivity contribution in [2.75, 3.05) is 23.7 Å². The molecule has 1 aliphatic heterocycles. The van der Waals surface area contributed by atoms with Gasteiger partial charge in [0, 0.05) is 19.0 Å². The first-order chi connectivity index (χ1) is 11.8. The fourth-order valence-corrected chi connectivity index (χ4v) is 3.42. The zero-order valence-electron chi connectivity index (χ0n) is 13.2. The minimum absolute atomic E-state index is 0.238. The van der Waals surface area contributed by atoms with Crippen LogP contribution in [0.25, 0.3) is 11.2 Å². The normalized spacial score (nSPS) is 19.2. The molecular formula is C15H18N8O. The van der Waals surface area contributed by atoms with Gasteiger partial charge in [-0.25, -0.2) is 14.6 Å². The van der Waals surface area contributed by atoms with Gasteiger partial charge in [-0.05, 0) is 25.7 Å². The third kappa shape index (κ3) is 2.19. The molecule has 1 aliphatic carbocycles. The molecular weight excluding hydrogens is 308 g/mol. The number of nitrogens with zero attached hydrogens (tertiary/aromatic N) is 7. The van der Waals surface area contributed by atoms with Gasteiger partial charge in [0.15, 0.2) is 17.0 Å². The van der Waals surface area contributed by atoms with E-state index in [1.54, 1.807) is 12.6 Å². The van der Waals surface area contributed by atoms with Crippen LogP contribution < -0.4 is 10.6 Å². The maximum atomic E-state index is 5.57. The summed E-state index contributed by atoms with van der Waals surface area (Å²) in [6.07, 6.45) is 7.56. The molecule has 24 heavy (non-hydrogen) atoms. The second kappa shape index (κ2) is 5.15. The molecule has 5 rings (SSSR count). The standard InChI is InChI=1S/C15H18N8O/c16-15-19-11(7-24-15)9-3-5-22(6-4-9)13-12-14(18-8-17-13)23(21-20-12)10-1-2-10/h7-10H,1-6H2,(H2,16,19). The first-order valence-electron chi connectivity index (χ1n) is 8.31. The van der Waals surface area contributed by atoms with Gasteiger partial charge in [-0.15, -0.1) is 5.10 Å². The molecule has 9 heteroatoms. The van der Waals surface area contributed by atoms with Gasteiger partial charge in [0.2, 0.25) is 0 Å². The molecule has 0 atom stereocenters.